The maximum Gasteiger partial charge on any atom is 0.308 e. The summed E-state index contributed by atoms with van der Waals surface area (Å²) >= 11 is 0. The number of carbonyl (C=O) groups is 2. The zero-order valence-corrected chi connectivity index (χ0v) is 11.3. The average Bonchev–Trinajstić information content (AvgIpc) is 2.48. The van der Waals surface area contributed by atoms with Crippen molar-refractivity contribution >= 4 is 11.9 Å². The summed E-state index contributed by atoms with van der Waals surface area (Å²) in [7, 11) is 0. The van der Waals surface area contributed by atoms with Crippen molar-refractivity contribution in [3.63, 3.8) is 0 Å². The lowest BCUT2D eigenvalue weighted by Gasteiger charge is -2.24. The topological polar surface area (TPSA) is 74.6 Å². The third-order valence-electron chi connectivity index (χ3n) is 3.43. The maximum absolute atomic E-state index is 11.6. The summed E-state index contributed by atoms with van der Waals surface area (Å²) in [5.41, 5.74) is 1.61. The number of carboxylic acid groups (broad SMARTS) is 2. The third-order valence-corrected chi connectivity index (χ3v) is 3.43. The second-order valence-electron chi connectivity index (χ2n) is 4.84. The smallest absolute Gasteiger partial charge is 0.308 e. The summed E-state index contributed by atoms with van der Waals surface area (Å²) in [5, 5.41) is 18.5. The van der Waals surface area contributed by atoms with Gasteiger partial charge in [0.25, 0.3) is 0 Å². The molecule has 0 heterocycles. The van der Waals surface area contributed by atoms with E-state index in [0.717, 1.165) is 11.1 Å². The minimum absolute atomic E-state index is 0.413. The van der Waals surface area contributed by atoms with Gasteiger partial charge in [0.15, 0.2) is 0 Å². The van der Waals surface area contributed by atoms with Crippen molar-refractivity contribution in [2.75, 3.05) is 0 Å². The Morgan fingerprint density at radius 1 is 0.810 bits per heavy atom. The molecule has 4 heteroatoms. The van der Waals surface area contributed by atoms with Crippen LogP contribution in [0.3, 0.4) is 0 Å². The van der Waals surface area contributed by atoms with Crippen molar-refractivity contribution < 1.29 is 19.8 Å². The number of rotatable bonds is 6. The Morgan fingerprint density at radius 3 is 1.57 bits per heavy atom. The summed E-state index contributed by atoms with van der Waals surface area (Å²) < 4.78 is 0. The molecule has 2 rings (SSSR count). The molecule has 0 aliphatic carbocycles. The monoisotopic (exact) mass is 284 g/mol. The van der Waals surface area contributed by atoms with E-state index in [-0.39, 0.29) is 0 Å². The van der Waals surface area contributed by atoms with E-state index in [0.29, 0.717) is 0 Å². The minimum Gasteiger partial charge on any atom is -0.481 e. The van der Waals surface area contributed by atoms with Crippen LogP contribution >= 0.6 is 0 Å². The van der Waals surface area contributed by atoms with Crippen LogP contribution in [0.2, 0.25) is 0 Å². The van der Waals surface area contributed by atoms with Gasteiger partial charge in [-0.1, -0.05) is 60.7 Å². The molecule has 0 aromatic heterocycles. The molecule has 2 N–H and O–H groups in total. The first-order valence-corrected chi connectivity index (χ1v) is 6.64. The Labute approximate surface area is 122 Å². The van der Waals surface area contributed by atoms with Gasteiger partial charge in [0.2, 0.25) is 0 Å². The highest BCUT2D eigenvalue weighted by Gasteiger charge is 2.32. The molecule has 0 amide bonds. The molecule has 0 fully saturated rings. The van der Waals surface area contributed by atoms with Gasteiger partial charge in [-0.2, -0.15) is 0 Å². The summed E-state index contributed by atoms with van der Waals surface area (Å²) in [4.78, 5) is 22.6. The zero-order chi connectivity index (χ0) is 15.2. The van der Waals surface area contributed by atoms with E-state index < -0.39 is 30.2 Å². The van der Waals surface area contributed by atoms with E-state index in [2.05, 4.69) is 0 Å². The normalized spacial score (nSPS) is 12.0. The Hall–Kier alpha value is -2.62. The van der Waals surface area contributed by atoms with Crippen LogP contribution in [0.1, 0.15) is 23.5 Å². The van der Waals surface area contributed by atoms with Gasteiger partial charge in [0, 0.05) is 5.92 Å². The largest absolute Gasteiger partial charge is 0.481 e. The summed E-state index contributed by atoms with van der Waals surface area (Å²) in [6, 6.07) is 18.3. The van der Waals surface area contributed by atoms with Gasteiger partial charge >= 0.3 is 11.9 Å². The SMILES string of the molecule is O=C(O)C[C@@H](C(=O)O)C(c1ccccc1)c1ccccc1. The highest BCUT2D eigenvalue weighted by atomic mass is 16.4. The fourth-order valence-corrected chi connectivity index (χ4v) is 2.51. The van der Waals surface area contributed by atoms with E-state index >= 15 is 0 Å². The van der Waals surface area contributed by atoms with E-state index in [1.165, 1.54) is 0 Å². The second-order valence-corrected chi connectivity index (χ2v) is 4.84. The van der Waals surface area contributed by atoms with E-state index in [1.807, 2.05) is 60.7 Å². The average molecular weight is 284 g/mol. The standard InChI is InChI=1S/C17H16O4/c18-15(19)11-14(17(20)21)16(12-7-3-1-4-8-12)13-9-5-2-6-10-13/h1-10,14,16H,11H2,(H,18,19)(H,20,21)/t14-/m1/s1. The Morgan fingerprint density at radius 2 is 1.24 bits per heavy atom. The van der Waals surface area contributed by atoms with Crippen molar-refractivity contribution in [3.05, 3.63) is 71.8 Å². The van der Waals surface area contributed by atoms with E-state index in [9.17, 15) is 14.7 Å². The van der Waals surface area contributed by atoms with Crippen LogP contribution in [0.25, 0.3) is 0 Å². The van der Waals surface area contributed by atoms with E-state index in [1.54, 1.807) is 0 Å². The lowest BCUT2D eigenvalue weighted by Crippen LogP contribution is -2.25. The first-order valence-electron chi connectivity index (χ1n) is 6.64. The molecule has 0 bridgehead atoms. The molecule has 0 radical (unpaired) electrons. The molecular weight excluding hydrogens is 268 g/mol. The van der Waals surface area contributed by atoms with Gasteiger partial charge in [-0.25, -0.2) is 0 Å². The summed E-state index contributed by atoms with van der Waals surface area (Å²) in [6.45, 7) is 0. The highest BCUT2D eigenvalue weighted by Crippen LogP contribution is 2.34. The molecule has 2 aromatic rings. The van der Waals surface area contributed by atoms with E-state index in [4.69, 9.17) is 5.11 Å². The van der Waals surface area contributed by atoms with Crippen molar-refractivity contribution in [1.29, 1.82) is 0 Å². The van der Waals surface area contributed by atoms with Gasteiger partial charge in [-0.15, -0.1) is 0 Å². The summed E-state index contributed by atoms with van der Waals surface area (Å²) in [6.07, 6.45) is -0.413. The number of hydrogen-bond acceptors (Lipinski definition) is 2. The van der Waals surface area contributed by atoms with Crippen LogP contribution in [0.5, 0.6) is 0 Å². The summed E-state index contributed by atoms with van der Waals surface area (Å²) in [5.74, 6) is -3.71. The fraction of sp³-hybridized carbons (Fsp3) is 0.176. The van der Waals surface area contributed by atoms with Crippen LogP contribution in [0.4, 0.5) is 0 Å². The Kier molecular flexibility index (Phi) is 4.72. The second kappa shape index (κ2) is 6.70. The number of carboxylic acids is 2. The lowest BCUT2D eigenvalue weighted by atomic mass is 9.79. The van der Waals surface area contributed by atoms with Crippen LogP contribution in [0, 0.1) is 5.92 Å². The minimum atomic E-state index is -1.11. The van der Waals surface area contributed by atoms with Crippen LogP contribution in [-0.2, 0) is 9.59 Å². The van der Waals surface area contributed by atoms with Crippen LogP contribution in [0.15, 0.2) is 60.7 Å². The van der Waals surface area contributed by atoms with Crippen molar-refractivity contribution in [2.24, 2.45) is 5.92 Å². The van der Waals surface area contributed by atoms with Gasteiger partial charge in [0.1, 0.15) is 0 Å². The highest BCUT2D eigenvalue weighted by molar-refractivity contribution is 5.79. The Balaban J connectivity index is 2.49. The van der Waals surface area contributed by atoms with Gasteiger partial charge < -0.3 is 10.2 Å². The van der Waals surface area contributed by atoms with Crippen LogP contribution < -0.4 is 0 Å². The lowest BCUT2D eigenvalue weighted by molar-refractivity contribution is -0.148. The molecule has 1 atom stereocenters. The molecule has 0 saturated heterocycles. The van der Waals surface area contributed by atoms with Crippen molar-refractivity contribution in [2.45, 2.75) is 12.3 Å². The molecule has 0 unspecified atom stereocenters. The first kappa shape index (κ1) is 14.8. The number of benzene rings is 2. The number of aliphatic carboxylic acids is 2. The van der Waals surface area contributed by atoms with Crippen molar-refractivity contribution in [3.8, 4) is 0 Å². The molecule has 21 heavy (non-hydrogen) atoms. The van der Waals surface area contributed by atoms with Gasteiger partial charge in [-0.3, -0.25) is 9.59 Å². The third kappa shape index (κ3) is 3.69. The molecule has 4 nitrogen and oxygen atoms in total. The molecule has 0 spiro atoms. The predicted octanol–water partition coefficient (Wildman–Crippen LogP) is 2.99. The quantitative estimate of drug-likeness (QED) is 0.855. The zero-order valence-electron chi connectivity index (χ0n) is 11.3. The molecule has 0 aliphatic rings. The maximum atomic E-state index is 11.6. The fourth-order valence-electron chi connectivity index (χ4n) is 2.51. The van der Waals surface area contributed by atoms with Crippen LogP contribution in [-0.4, -0.2) is 22.2 Å². The Bertz CT molecular complexity index is 568. The first-order chi connectivity index (χ1) is 10.1. The van der Waals surface area contributed by atoms with Gasteiger partial charge in [-0.05, 0) is 11.1 Å². The molecular formula is C17H16O4. The van der Waals surface area contributed by atoms with Gasteiger partial charge in [0.05, 0.1) is 12.3 Å². The van der Waals surface area contributed by atoms with Crippen molar-refractivity contribution in [1.82, 2.24) is 0 Å². The predicted molar refractivity (Wildman–Crippen MR) is 78.1 cm³/mol. The molecule has 2 aromatic carbocycles. The molecule has 108 valence electrons. The molecule has 0 saturated carbocycles. The molecule has 0 aliphatic heterocycles. The number of hydrogen-bond donors (Lipinski definition) is 2.